The van der Waals surface area contributed by atoms with E-state index in [2.05, 4.69) is 4.90 Å². The summed E-state index contributed by atoms with van der Waals surface area (Å²) in [6.45, 7) is 3.45. The van der Waals surface area contributed by atoms with Gasteiger partial charge in [-0.1, -0.05) is 18.5 Å². The zero-order valence-electron chi connectivity index (χ0n) is 9.78. The van der Waals surface area contributed by atoms with Gasteiger partial charge in [0.05, 0.1) is 16.2 Å². The fourth-order valence-electron chi connectivity index (χ4n) is 2.16. The van der Waals surface area contributed by atoms with Crippen molar-refractivity contribution < 1.29 is 5.11 Å². The van der Waals surface area contributed by atoms with E-state index in [0.29, 0.717) is 17.1 Å². The van der Waals surface area contributed by atoms with Crippen molar-refractivity contribution in [3.05, 3.63) is 28.8 Å². The van der Waals surface area contributed by atoms with Crippen molar-refractivity contribution in [2.24, 2.45) is 0 Å². The molecule has 1 aromatic rings. The summed E-state index contributed by atoms with van der Waals surface area (Å²) in [4.78, 5) is 2.11. The van der Waals surface area contributed by atoms with Crippen molar-refractivity contribution in [1.82, 2.24) is 0 Å². The van der Waals surface area contributed by atoms with Crippen LogP contribution in [0.3, 0.4) is 0 Å². The van der Waals surface area contributed by atoms with Crippen LogP contribution in [0.25, 0.3) is 0 Å². The molecule has 0 aromatic heterocycles. The molecule has 2 rings (SSSR count). The zero-order chi connectivity index (χ0) is 12.5. The molecule has 1 atom stereocenters. The number of rotatable bonds is 2. The lowest BCUT2D eigenvalue weighted by molar-refractivity contribution is 0.0594. The minimum absolute atomic E-state index is 0.469. The second-order valence-electron chi connectivity index (χ2n) is 4.53. The van der Waals surface area contributed by atoms with E-state index in [0.717, 1.165) is 25.1 Å². The van der Waals surface area contributed by atoms with Crippen molar-refractivity contribution in [2.45, 2.75) is 25.4 Å². The fraction of sp³-hybridized carbons (Fsp3) is 0.462. The van der Waals surface area contributed by atoms with Gasteiger partial charge < -0.3 is 10.0 Å². The lowest BCUT2D eigenvalue weighted by Crippen LogP contribution is -2.32. The van der Waals surface area contributed by atoms with E-state index in [4.69, 9.17) is 16.9 Å². The van der Waals surface area contributed by atoms with Crippen molar-refractivity contribution >= 4 is 17.3 Å². The number of nitrogens with zero attached hydrogens (tertiary/aromatic N) is 2. The first-order chi connectivity index (χ1) is 8.08. The Balaban J connectivity index is 2.20. The predicted molar refractivity (Wildman–Crippen MR) is 68.2 cm³/mol. The van der Waals surface area contributed by atoms with Crippen LogP contribution in [0.5, 0.6) is 0 Å². The molecule has 1 aromatic carbocycles. The SMILES string of the molecule is CC[C@]1(O)CCN(c2ccc(C#N)c(Cl)c2)C1. The first kappa shape index (κ1) is 12.2. The predicted octanol–water partition coefficient (Wildman–Crippen LogP) is 2.56. The molecule has 0 unspecified atom stereocenters. The van der Waals surface area contributed by atoms with E-state index in [1.165, 1.54) is 0 Å². The van der Waals surface area contributed by atoms with Crippen LogP contribution in [0.15, 0.2) is 18.2 Å². The fourth-order valence-corrected chi connectivity index (χ4v) is 2.37. The molecule has 1 heterocycles. The number of β-amino-alcohol motifs (C(OH)–C–C–N with tert-alkyl or cyclic N) is 1. The van der Waals surface area contributed by atoms with E-state index < -0.39 is 5.60 Å². The summed E-state index contributed by atoms with van der Waals surface area (Å²) in [7, 11) is 0. The molecule has 1 N–H and O–H groups in total. The summed E-state index contributed by atoms with van der Waals surface area (Å²) in [5.41, 5.74) is 0.874. The van der Waals surface area contributed by atoms with Crippen LogP contribution in [0.2, 0.25) is 5.02 Å². The first-order valence-electron chi connectivity index (χ1n) is 5.75. The van der Waals surface area contributed by atoms with Gasteiger partial charge >= 0.3 is 0 Å². The summed E-state index contributed by atoms with van der Waals surface area (Å²) in [6, 6.07) is 7.44. The maximum atomic E-state index is 10.2. The Bertz CT molecular complexity index is 469. The van der Waals surface area contributed by atoms with Crippen LogP contribution in [0.1, 0.15) is 25.3 Å². The van der Waals surface area contributed by atoms with Crippen molar-refractivity contribution in [3.8, 4) is 6.07 Å². The molecule has 0 spiro atoms. The highest BCUT2D eigenvalue weighted by Crippen LogP contribution is 2.31. The molecule has 0 aliphatic carbocycles. The summed E-state index contributed by atoms with van der Waals surface area (Å²) < 4.78 is 0. The van der Waals surface area contributed by atoms with Gasteiger partial charge in [0, 0.05) is 18.8 Å². The van der Waals surface area contributed by atoms with Crippen molar-refractivity contribution in [1.29, 1.82) is 5.26 Å². The van der Waals surface area contributed by atoms with Crippen LogP contribution < -0.4 is 4.90 Å². The van der Waals surface area contributed by atoms with Gasteiger partial charge in [-0.2, -0.15) is 5.26 Å². The Kier molecular flexibility index (Phi) is 3.28. The summed E-state index contributed by atoms with van der Waals surface area (Å²) in [6.07, 6.45) is 1.54. The highest BCUT2D eigenvalue weighted by Gasteiger charge is 2.34. The Morgan fingerprint density at radius 1 is 1.59 bits per heavy atom. The van der Waals surface area contributed by atoms with Crippen LogP contribution in [-0.2, 0) is 0 Å². The molecule has 1 saturated heterocycles. The molecule has 3 nitrogen and oxygen atoms in total. The van der Waals surface area contributed by atoms with Gasteiger partial charge in [-0.25, -0.2) is 0 Å². The molecule has 1 aliphatic heterocycles. The zero-order valence-corrected chi connectivity index (χ0v) is 10.5. The average Bonchev–Trinajstić information content (AvgIpc) is 2.73. The van der Waals surface area contributed by atoms with E-state index in [1.807, 2.05) is 19.1 Å². The number of anilines is 1. The Hall–Kier alpha value is -1.24. The average molecular weight is 251 g/mol. The highest BCUT2D eigenvalue weighted by atomic mass is 35.5. The minimum Gasteiger partial charge on any atom is -0.388 e. The second-order valence-corrected chi connectivity index (χ2v) is 4.93. The maximum Gasteiger partial charge on any atom is 0.101 e. The number of hydrogen-bond donors (Lipinski definition) is 1. The molecule has 0 saturated carbocycles. The largest absolute Gasteiger partial charge is 0.388 e. The molecular weight excluding hydrogens is 236 g/mol. The quantitative estimate of drug-likeness (QED) is 0.878. The standard InChI is InChI=1S/C13H15ClN2O/c1-2-13(17)5-6-16(9-13)11-4-3-10(8-15)12(14)7-11/h3-4,7,17H,2,5-6,9H2,1H3/t13-/m0/s1. The molecule has 1 fully saturated rings. The maximum absolute atomic E-state index is 10.2. The van der Waals surface area contributed by atoms with Gasteiger partial charge in [0.2, 0.25) is 0 Å². The Labute approximate surface area is 106 Å². The van der Waals surface area contributed by atoms with Gasteiger partial charge in [-0.3, -0.25) is 0 Å². The second kappa shape index (κ2) is 4.56. The Morgan fingerprint density at radius 3 is 2.88 bits per heavy atom. The third-order valence-corrected chi connectivity index (χ3v) is 3.74. The molecule has 0 bridgehead atoms. The normalized spacial score (nSPS) is 23.8. The van der Waals surface area contributed by atoms with Gasteiger partial charge in [0.25, 0.3) is 0 Å². The lowest BCUT2D eigenvalue weighted by Gasteiger charge is -2.23. The molecule has 1 aliphatic rings. The number of halogens is 1. The van der Waals surface area contributed by atoms with Crippen molar-refractivity contribution in [2.75, 3.05) is 18.0 Å². The monoisotopic (exact) mass is 250 g/mol. The van der Waals surface area contributed by atoms with Gasteiger partial charge in [0.1, 0.15) is 6.07 Å². The third kappa shape index (κ3) is 2.38. The van der Waals surface area contributed by atoms with Crippen LogP contribution in [-0.4, -0.2) is 23.8 Å². The van der Waals surface area contributed by atoms with E-state index in [9.17, 15) is 5.11 Å². The molecule has 0 radical (unpaired) electrons. The first-order valence-corrected chi connectivity index (χ1v) is 6.13. The molecular formula is C13H15ClN2O. The topological polar surface area (TPSA) is 47.3 Å². The van der Waals surface area contributed by atoms with E-state index >= 15 is 0 Å². The molecule has 17 heavy (non-hydrogen) atoms. The minimum atomic E-state index is -0.583. The highest BCUT2D eigenvalue weighted by molar-refractivity contribution is 6.32. The van der Waals surface area contributed by atoms with Gasteiger partial charge in [-0.15, -0.1) is 0 Å². The number of benzene rings is 1. The van der Waals surface area contributed by atoms with Crippen LogP contribution in [0.4, 0.5) is 5.69 Å². The summed E-state index contributed by atoms with van der Waals surface area (Å²) in [5, 5.41) is 19.5. The molecule has 4 heteroatoms. The Morgan fingerprint density at radius 2 is 2.35 bits per heavy atom. The van der Waals surface area contributed by atoms with Crippen molar-refractivity contribution in [3.63, 3.8) is 0 Å². The van der Waals surface area contributed by atoms with Crippen LogP contribution in [0, 0.1) is 11.3 Å². The number of aliphatic hydroxyl groups is 1. The van der Waals surface area contributed by atoms with E-state index in [1.54, 1.807) is 12.1 Å². The van der Waals surface area contributed by atoms with Gasteiger partial charge in [-0.05, 0) is 31.0 Å². The van der Waals surface area contributed by atoms with E-state index in [-0.39, 0.29) is 0 Å². The van der Waals surface area contributed by atoms with Crippen LogP contribution >= 0.6 is 11.6 Å². The third-order valence-electron chi connectivity index (χ3n) is 3.43. The number of hydrogen-bond acceptors (Lipinski definition) is 3. The van der Waals surface area contributed by atoms with Gasteiger partial charge in [0.15, 0.2) is 0 Å². The summed E-state index contributed by atoms with van der Waals surface area (Å²) >= 11 is 6.00. The lowest BCUT2D eigenvalue weighted by atomic mass is 10.0. The molecule has 90 valence electrons. The smallest absolute Gasteiger partial charge is 0.101 e. The molecule has 0 amide bonds. The number of nitriles is 1. The summed E-state index contributed by atoms with van der Waals surface area (Å²) in [5.74, 6) is 0.